The summed E-state index contributed by atoms with van der Waals surface area (Å²) in [5.41, 5.74) is 1.62. The Labute approximate surface area is 254 Å². The topological polar surface area (TPSA) is 186 Å². The molecule has 3 atom stereocenters. The molecule has 14 nitrogen and oxygen atoms in total. The van der Waals surface area contributed by atoms with Crippen LogP contribution in [-0.4, -0.2) is 82.2 Å². The van der Waals surface area contributed by atoms with Crippen LogP contribution in [0.1, 0.15) is 41.4 Å². The van der Waals surface area contributed by atoms with Crippen molar-refractivity contribution in [2.24, 2.45) is 0 Å². The first-order chi connectivity index (χ1) is 21.2. The molecule has 0 fully saturated rings. The molecule has 2 heterocycles. The predicted octanol–water partition coefficient (Wildman–Crippen LogP) is 0.0986. The van der Waals surface area contributed by atoms with E-state index in [1.54, 1.807) is 29.1 Å². The molecule has 0 saturated heterocycles. The molecular formula is C30H37N7O7. The van der Waals surface area contributed by atoms with Crippen LogP contribution < -0.4 is 30.7 Å². The second kappa shape index (κ2) is 15.5. The highest BCUT2D eigenvalue weighted by Gasteiger charge is 2.30. The lowest BCUT2D eigenvalue weighted by atomic mass is 10.0. The van der Waals surface area contributed by atoms with Gasteiger partial charge in [-0.05, 0) is 30.7 Å². The number of ether oxygens (including phenoxy) is 2. The summed E-state index contributed by atoms with van der Waals surface area (Å²) < 4.78 is 12.9. The van der Waals surface area contributed by atoms with Gasteiger partial charge < -0.3 is 35.8 Å². The van der Waals surface area contributed by atoms with Gasteiger partial charge in [-0.2, -0.15) is 0 Å². The fraction of sp³-hybridized carbons (Fsp3) is 0.400. The average molecular weight is 608 g/mol. The molecule has 4 rings (SSSR count). The molecule has 0 aliphatic carbocycles. The second-order valence-corrected chi connectivity index (χ2v) is 10.3. The molecule has 1 aliphatic rings. The summed E-state index contributed by atoms with van der Waals surface area (Å²) in [5.74, 6) is -1.37. The molecule has 2 aromatic carbocycles. The Hall–Kier alpha value is -4.98. The number of nitrogens with zero attached hydrogens (tertiary/aromatic N) is 3. The number of methoxy groups -OCH3 is 1. The number of rotatable bonds is 4. The van der Waals surface area contributed by atoms with Gasteiger partial charge in [-0.25, -0.2) is 0 Å². The molecule has 4 amide bonds. The van der Waals surface area contributed by atoms with Gasteiger partial charge in [0.25, 0.3) is 5.91 Å². The van der Waals surface area contributed by atoms with Crippen molar-refractivity contribution >= 4 is 23.6 Å². The van der Waals surface area contributed by atoms with Crippen molar-refractivity contribution in [3.8, 4) is 11.5 Å². The summed E-state index contributed by atoms with van der Waals surface area (Å²) in [6, 6.07) is 11.5. The van der Waals surface area contributed by atoms with Gasteiger partial charge >= 0.3 is 0 Å². The monoisotopic (exact) mass is 607 g/mol. The summed E-state index contributed by atoms with van der Waals surface area (Å²) in [6.07, 6.45) is 1.01. The number of benzene rings is 2. The number of amides is 4. The van der Waals surface area contributed by atoms with Crippen molar-refractivity contribution in [2.75, 3.05) is 20.3 Å². The van der Waals surface area contributed by atoms with Crippen LogP contribution in [0, 0.1) is 0 Å². The highest BCUT2D eigenvalue weighted by Crippen LogP contribution is 2.28. The van der Waals surface area contributed by atoms with Gasteiger partial charge in [0.2, 0.25) is 17.7 Å². The Morgan fingerprint density at radius 3 is 2.61 bits per heavy atom. The Morgan fingerprint density at radius 2 is 1.86 bits per heavy atom. The van der Waals surface area contributed by atoms with Gasteiger partial charge in [-0.3, -0.25) is 23.9 Å². The summed E-state index contributed by atoms with van der Waals surface area (Å²) in [7, 11) is 1.50. The van der Waals surface area contributed by atoms with Crippen LogP contribution in [0.5, 0.6) is 11.5 Å². The zero-order chi connectivity index (χ0) is 31.5. The lowest BCUT2D eigenvalue weighted by molar-refractivity contribution is -0.134. The minimum absolute atomic E-state index is 0.0280. The number of aromatic nitrogens is 3. The fourth-order valence-electron chi connectivity index (χ4n) is 4.53. The second-order valence-electron chi connectivity index (χ2n) is 10.3. The minimum atomic E-state index is -1.34. The van der Waals surface area contributed by atoms with Gasteiger partial charge in [-0.15, -0.1) is 5.10 Å². The zero-order valence-electron chi connectivity index (χ0n) is 24.6. The van der Waals surface area contributed by atoms with Crippen LogP contribution in [0.15, 0.2) is 54.7 Å². The minimum Gasteiger partial charge on any atom is -0.493 e. The highest BCUT2D eigenvalue weighted by molar-refractivity contribution is 5.95. The van der Waals surface area contributed by atoms with Crippen molar-refractivity contribution in [2.45, 2.75) is 57.5 Å². The first kappa shape index (κ1) is 31.9. The first-order valence-corrected chi connectivity index (χ1v) is 14.3. The number of hydrogen-bond donors (Lipinski definition) is 5. The van der Waals surface area contributed by atoms with Crippen LogP contribution in [-0.2, 0) is 33.9 Å². The molecule has 14 heteroatoms. The molecule has 5 N–H and O–H groups in total. The molecule has 1 aromatic heterocycles. The largest absolute Gasteiger partial charge is 0.493 e. The molecule has 0 saturated carbocycles. The van der Waals surface area contributed by atoms with Gasteiger partial charge in [0, 0.05) is 37.9 Å². The maximum Gasteiger partial charge on any atom is 0.251 e. The summed E-state index contributed by atoms with van der Waals surface area (Å²) in [4.78, 5) is 52.0. The van der Waals surface area contributed by atoms with E-state index in [1.807, 2.05) is 30.3 Å². The summed E-state index contributed by atoms with van der Waals surface area (Å²) in [5, 5.41) is 29.2. The van der Waals surface area contributed by atoms with Gasteiger partial charge in [-0.1, -0.05) is 35.5 Å². The molecule has 0 unspecified atom stereocenters. The normalized spacial score (nSPS) is 19.8. The highest BCUT2D eigenvalue weighted by atomic mass is 16.5. The van der Waals surface area contributed by atoms with Gasteiger partial charge in [0.05, 0.1) is 32.6 Å². The Kier molecular flexibility index (Phi) is 11.2. The summed E-state index contributed by atoms with van der Waals surface area (Å²) in [6.45, 7) is 2.19. The quantitative estimate of drug-likeness (QED) is 0.274. The van der Waals surface area contributed by atoms with Crippen molar-refractivity contribution in [1.29, 1.82) is 0 Å². The van der Waals surface area contributed by atoms with E-state index < -0.39 is 41.8 Å². The molecule has 0 radical (unpaired) electrons. The van der Waals surface area contributed by atoms with Crippen molar-refractivity contribution < 1.29 is 33.8 Å². The van der Waals surface area contributed by atoms with E-state index in [1.165, 1.54) is 14.0 Å². The lowest BCUT2D eigenvalue weighted by Crippen LogP contribution is -2.57. The van der Waals surface area contributed by atoms with E-state index in [-0.39, 0.29) is 25.9 Å². The van der Waals surface area contributed by atoms with E-state index in [2.05, 4.69) is 31.6 Å². The van der Waals surface area contributed by atoms with Crippen LogP contribution >= 0.6 is 0 Å². The van der Waals surface area contributed by atoms with Crippen molar-refractivity contribution in [3.05, 3.63) is 71.5 Å². The molecule has 234 valence electrons. The number of aliphatic hydroxyl groups excluding tert-OH is 1. The molecule has 4 bridgehead atoms. The molecular weight excluding hydrogens is 570 g/mol. The van der Waals surface area contributed by atoms with Crippen LogP contribution in [0.4, 0.5) is 0 Å². The zero-order valence-corrected chi connectivity index (χ0v) is 24.6. The molecule has 1 aliphatic heterocycles. The molecule has 44 heavy (non-hydrogen) atoms. The van der Waals surface area contributed by atoms with Crippen molar-refractivity contribution in [3.63, 3.8) is 0 Å². The standard InChI is InChI=1S/C30H37N7O7/c1-19(38)27-30(42)33-23(15-20-7-4-3-5-8-20)29(41)32-17-22-18-37(36-35-22)13-6-14-44-25-16-21(9-10-24(25)43-2)28(40)31-12-11-26(39)34-27/h3-5,7-10,16,18-19,23,27,38H,6,11-15,17H2,1-2H3,(H,31,40)(H,32,41)(H,33,42)(H,34,39)/t19-,23-,27+/m1/s1. The van der Waals surface area contributed by atoms with E-state index in [0.717, 1.165) is 5.56 Å². The SMILES string of the molecule is COc1ccc2cc1OCCCn1cc(nn1)CNC(=O)[C@@H](Cc1ccccc1)NC(=O)[C@H]([C@@H](C)O)NC(=O)CCNC2=O. The number of nitrogens with one attached hydrogen (secondary N) is 4. The smallest absolute Gasteiger partial charge is 0.251 e. The Morgan fingerprint density at radius 1 is 1.07 bits per heavy atom. The number of aliphatic hydroxyl groups is 1. The maximum atomic E-state index is 13.3. The first-order valence-electron chi connectivity index (χ1n) is 14.3. The predicted molar refractivity (Wildman–Crippen MR) is 158 cm³/mol. The Bertz CT molecular complexity index is 1440. The number of aryl methyl sites for hydroxylation is 1. The maximum absolute atomic E-state index is 13.3. The number of hydrogen-bond acceptors (Lipinski definition) is 9. The van der Waals surface area contributed by atoms with Gasteiger partial charge in [0.15, 0.2) is 11.5 Å². The van der Waals surface area contributed by atoms with E-state index >= 15 is 0 Å². The van der Waals surface area contributed by atoms with E-state index in [9.17, 15) is 24.3 Å². The Balaban J connectivity index is 1.54. The molecule has 0 spiro atoms. The van der Waals surface area contributed by atoms with E-state index in [0.29, 0.717) is 42.3 Å². The third-order valence-electron chi connectivity index (χ3n) is 6.88. The van der Waals surface area contributed by atoms with Crippen LogP contribution in [0.25, 0.3) is 0 Å². The van der Waals surface area contributed by atoms with Crippen LogP contribution in [0.2, 0.25) is 0 Å². The number of fused-ring (bicyclic) bond motifs is 4. The summed E-state index contributed by atoms with van der Waals surface area (Å²) >= 11 is 0. The average Bonchev–Trinajstić information content (AvgIpc) is 3.47. The number of carbonyl (C=O) groups excluding carboxylic acids is 4. The van der Waals surface area contributed by atoms with Gasteiger partial charge in [0.1, 0.15) is 17.8 Å². The van der Waals surface area contributed by atoms with E-state index in [4.69, 9.17) is 9.47 Å². The number of carbonyl (C=O) groups is 4. The third kappa shape index (κ3) is 9.01. The third-order valence-corrected chi connectivity index (χ3v) is 6.88. The lowest BCUT2D eigenvalue weighted by Gasteiger charge is -2.25. The fourth-order valence-corrected chi connectivity index (χ4v) is 4.53. The van der Waals surface area contributed by atoms with Crippen molar-refractivity contribution in [1.82, 2.24) is 36.3 Å². The van der Waals surface area contributed by atoms with Crippen LogP contribution in [0.3, 0.4) is 0 Å². The molecule has 3 aromatic rings.